The number of hydrogen-bond acceptors (Lipinski definition) is 9. The molecule has 0 saturated carbocycles. The zero-order valence-corrected chi connectivity index (χ0v) is 28.8. The van der Waals surface area contributed by atoms with Crippen LogP contribution in [-0.4, -0.2) is 96.8 Å². The molecule has 1 aromatic heterocycles. The maximum atomic E-state index is 13.7. The molecule has 4 N–H and O–H groups in total. The van der Waals surface area contributed by atoms with E-state index in [1.165, 1.54) is 23.5 Å². The van der Waals surface area contributed by atoms with Crippen molar-refractivity contribution in [2.75, 3.05) is 45.5 Å². The Morgan fingerprint density at radius 2 is 1.65 bits per heavy atom. The van der Waals surface area contributed by atoms with E-state index in [0.717, 1.165) is 11.3 Å². The molecule has 1 aromatic carbocycles. The van der Waals surface area contributed by atoms with Gasteiger partial charge in [-0.05, 0) is 24.0 Å². The molecule has 2 aromatic rings. The van der Waals surface area contributed by atoms with Crippen LogP contribution in [0.25, 0.3) is 0 Å². The van der Waals surface area contributed by atoms with Gasteiger partial charge in [0.25, 0.3) is 0 Å². The monoisotopic (exact) mass is 713 g/mol. The lowest BCUT2D eigenvalue weighted by molar-refractivity contribution is -0.133. The third-order valence-corrected chi connectivity index (χ3v) is 10.0. The molecule has 0 bridgehead atoms. The SMILES string of the molecule is CC(C)(CNS(C)(=O)=O)CN1CCN(C(=O)CC2=C(C(=O)O)C(c3c(Cl)cccc3Cl)C(C(=O)O)=C(CCc3nccs3)N2)CC1. The maximum Gasteiger partial charge on any atom is 0.334 e. The quantitative estimate of drug-likeness (QED) is 0.241. The second-order valence-electron chi connectivity index (χ2n) is 12.1. The molecule has 12 nitrogen and oxygen atoms in total. The first-order valence-electron chi connectivity index (χ1n) is 14.5. The molecule has 2 aliphatic heterocycles. The number of nitrogens with one attached hydrogen (secondary N) is 2. The number of aliphatic carboxylic acids is 2. The van der Waals surface area contributed by atoms with Crippen molar-refractivity contribution in [3.8, 4) is 0 Å². The van der Waals surface area contributed by atoms with Gasteiger partial charge < -0.3 is 20.4 Å². The molecule has 1 amide bonds. The molecule has 1 fully saturated rings. The Morgan fingerprint density at radius 3 is 2.20 bits per heavy atom. The zero-order chi connectivity index (χ0) is 33.8. The molecule has 0 spiro atoms. The highest BCUT2D eigenvalue weighted by Crippen LogP contribution is 2.45. The van der Waals surface area contributed by atoms with Gasteiger partial charge in [0, 0.05) is 84.3 Å². The number of allylic oxidation sites excluding steroid dienone is 1. The molecular weight excluding hydrogens is 677 g/mol. The fourth-order valence-corrected chi connectivity index (χ4v) is 7.63. The highest BCUT2D eigenvalue weighted by atomic mass is 35.5. The molecule has 1 atom stereocenters. The van der Waals surface area contributed by atoms with Gasteiger partial charge in [-0.25, -0.2) is 27.7 Å². The number of dihydropyridines is 1. The summed E-state index contributed by atoms with van der Waals surface area (Å²) in [6, 6.07) is 4.62. The summed E-state index contributed by atoms with van der Waals surface area (Å²) in [4.78, 5) is 47.4. The normalized spacial score (nSPS) is 18.1. The Kier molecular flexibility index (Phi) is 11.5. The molecule has 3 heterocycles. The second-order valence-corrected chi connectivity index (χ2v) is 15.7. The number of piperazine rings is 1. The van der Waals surface area contributed by atoms with E-state index in [2.05, 4.69) is 19.9 Å². The molecule has 1 unspecified atom stereocenters. The Hall–Kier alpha value is -3.01. The summed E-state index contributed by atoms with van der Waals surface area (Å²) in [7, 11) is -3.32. The Bertz CT molecular complexity index is 1630. The lowest BCUT2D eigenvalue weighted by Gasteiger charge is -2.39. The molecule has 0 aliphatic carbocycles. The van der Waals surface area contributed by atoms with Crippen molar-refractivity contribution < 1.29 is 33.0 Å². The van der Waals surface area contributed by atoms with Gasteiger partial charge in [0.1, 0.15) is 0 Å². The largest absolute Gasteiger partial charge is 0.478 e. The first-order chi connectivity index (χ1) is 21.6. The predicted octanol–water partition coefficient (Wildman–Crippen LogP) is 3.56. The molecule has 2 aliphatic rings. The average Bonchev–Trinajstić information content (AvgIpc) is 3.48. The number of carbonyl (C=O) groups is 3. The minimum Gasteiger partial charge on any atom is -0.478 e. The Balaban J connectivity index is 1.60. The van der Waals surface area contributed by atoms with Crippen molar-refractivity contribution >= 4 is 62.4 Å². The molecule has 46 heavy (non-hydrogen) atoms. The van der Waals surface area contributed by atoms with Crippen molar-refractivity contribution in [2.45, 2.75) is 39.0 Å². The van der Waals surface area contributed by atoms with E-state index in [4.69, 9.17) is 23.2 Å². The van der Waals surface area contributed by atoms with Gasteiger partial charge in [-0.3, -0.25) is 9.69 Å². The third kappa shape index (κ3) is 9.07. The number of aromatic nitrogens is 1. The molecule has 0 radical (unpaired) electrons. The number of thiazole rings is 1. The number of aryl methyl sites for hydroxylation is 1. The van der Waals surface area contributed by atoms with Crippen LogP contribution in [0, 0.1) is 5.41 Å². The summed E-state index contributed by atoms with van der Waals surface area (Å²) >= 11 is 14.5. The molecule has 16 heteroatoms. The van der Waals surface area contributed by atoms with Crippen LogP contribution in [0.5, 0.6) is 0 Å². The van der Waals surface area contributed by atoms with Crippen molar-refractivity contribution in [3.63, 3.8) is 0 Å². The van der Waals surface area contributed by atoms with Crippen molar-refractivity contribution in [3.05, 3.63) is 72.9 Å². The van der Waals surface area contributed by atoms with E-state index in [1.807, 2.05) is 19.2 Å². The summed E-state index contributed by atoms with van der Waals surface area (Å²) in [5.74, 6) is -4.39. The number of sulfonamides is 1. The van der Waals surface area contributed by atoms with E-state index in [1.54, 1.807) is 17.2 Å². The summed E-state index contributed by atoms with van der Waals surface area (Å²) in [5.41, 5.74) is -0.389. The predicted molar refractivity (Wildman–Crippen MR) is 176 cm³/mol. The van der Waals surface area contributed by atoms with E-state index in [9.17, 15) is 33.0 Å². The summed E-state index contributed by atoms with van der Waals surface area (Å²) in [6.07, 6.45) is 3.04. The fourth-order valence-electron chi connectivity index (χ4n) is 5.74. The number of rotatable bonds is 13. The minimum absolute atomic E-state index is 0.0769. The standard InChI is InChI=1S/C30H37Cl2N5O7S2/c1-30(2,16-34-46(3,43)44)17-36-10-12-37(13-11-36)23(38)15-21-26(29(41)42)27(24-18(31)5-4-6-19(24)32)25(28(39)40)20(35-21)7-8-22-33-9-14-45-22/h4-6,9,14,27,34-35H,7-8,10-13,15-17H2,1-3H3,(H,39,40)(H,41,42). The van der Waals surface area contributed by atoms with Crippen LogP contribution in [-0.2, 0) is 30.8 Å². The molecule has 4 rings (SSSR count). The van der Waals surface area contributed by atoms with Gasteiger partial charge in [0.15, 0.2) is 0 Å². The Morgan fingerprint density at radius 1 is 1.04 bits per heavy atom. The van der Waals surface area contributed by atoms with Crippen LogP contribution in [0.1, 0.15) is 43.2 Å². The van der Waals surface area contributed by atoms with Gasteiger partial charge in [0.2, 0.25) is 15.9 Å². The third-order valence-electron chi connectivity index (χ3n) is 7.87. The fraction of sp³-hybridized carbons (Fsp3) is 0.467. The summed E-state index contributed by atoms with van der Waals surface area (Å²) in [5, 5.41) is 26.7. The lowest BCUT2D eigenvalue weighted by atomic mass is 9.79. The van der Waals surface area contributed by atoms with Crippen LogP contribution in [0.15, 0.2) is 52.3 Å². The van der Waals surface area contributed by atoms with Crippen molar-refractivity contribution in [1.82, 2.24) is 24.8 Å². The zero-order valence-electron chi connectivity index (χ0n) is 25.7. The first-order valence-corrected chi connectivity index (χ1v) is 18.1. The van der Waals surface area contributed by atoms with Crippen LogP contribution in [0.2, 0.25) is 10.0 Å². The maximum absolute atomic E-state index is 13.7. The van der Waals surface area contributed by atoms with E-state index in [-0.39, 0.29) is 68.9 Å². The smallest absolute Gasteiger partial charge is 0.334 e. The van der Waals surface area contributed by atoms with E-state index in [0.29, 0.717) is 39.1 Å². The number of halogens is 2. The van der Waals surface area contributed by atoms with Crippen LogP contribution >= 0.6 is 34.5 Å². The van der Waals surface area contributed by atoms with Gasteiger partial charge in [-0.15, -0.1) is 11.3 Å². The number of carboxylic acids is 2. The highest BCUT2D eigenvalue weighted by molar-refractivity contribution is 7.88. The van der Waals surface area contributed by atoms with E-state index < -0.39 is 27.9 Å². The van der Waals surface area contributed by atoms with E-state index >= 15 is 0 Å². The second kappa shape index (κ2) is 14.8. The topological polar surface area (TPSA) is 169 Å². The lowest BCUT2D eigenvalue weighted by Crippen LogP contribution is -2.52. The van der Waals surface area contributed by atoms with Crippen LogP contribution in [0.4, 0.5) is 0 Å². The number of carbonyl (C=O) groups excluding carboxylic acids is 1. The van der Waals surface area contributed by atoms with Crippen LogP contribution < -0.4 is 10.0 Å². The van der Waals surface area contributed by atoms with Gasteiger partial charge in [-0.1, -0.05) is 43.1 Å². The van der Waals surface area contributed by atoms with Gasteiger partial charge in [0.05, 0.1) is 34.7 Å². The number of nitrogens with zero attached hydrogens (tertiary/aromatic N) is 3. The average molecular weight is 715 g/mol. The summed E-state index contributed by atoms with van der Waals surface area (Å²) < 4.78 is 25.7. The highest BCUT2D eigenvalue weighted by Gasteiger charge is 2.41. The molecule has 250 valence electrons. The van der Waals surface area contributed by atoms with Crippen LogP contribution in [0.3, 0.4) is 0 Å². The number of amides is 1. The van der Waals surface area contributed by atoms with Crippen molar-refractivity contribution in [1.29, 1.82) is 0 Å². The molecular formula is C30H37Cl2N5O7S2. The van der Waals surface area contributed by atoms with Crippen molar-refractivity contribution in [2.24, 2.45) is 5.41 Å². The number of benzene rings is 1. The first kappa shape index (κ1) is 35.8. The molecule has 1 saturated heterocycles. The number of carboxylic acid groups (broad SMARTS) is 2. The summed E-state index contributed by atoms with van der Waals surface area (Å²) in [6.45, 7) is 6.68. The Labute approximate surface area is 282 Å². The van der Waals surface area contributed by atoms with Gasteiger partial charge >= 0.3 is 11.9 Å². The minimum atomic E-state index is -3.32. The van der Waals surface area contributed by atoms with Gasteiger partial charge in [-0.2, -0.15) is 0 Å². The number of hydrogen-bond donors (Lipinski definition) is 4.